The lowest BCUT2D eigenvalue weighted by Gasteiger charge is -2.29. The predicted octanol–water partition coefficient (Wildman–Crippen LogP) is -0.0206. The van der Waals surface area contributed by atoms with Crippen molar-refractivity contribution < 1.29 is 24.6 Å². The Bertz CT molecular complexity index is 390. The van der Waals surface area contributed by atoms with Gasteiger partial charge in [-0.1, -0.05) is 18.0 Å². The molecule has 106 valence electrons. The van der Waals surface area contributed by atoms with Gasteiger partial charge in [-0.2, -0.15) is 0 Å². The van der Waals surface area contributed by atoms with E-state index in [0.29, 0.717) is 0 Å². The van der Waals surface area contributed by atoms with E-state index in [-0.39, 0.29) is 37.2 Å². The lowest BCUT2D eigenvalue weighted by Crippen LogP contribution is -2.46. The van der Waals surface area contributed by atoms with Crippen LogP contribution in [0.25, 0.3) is 0 Å². The molecule has 7 nitrogen and oxygen atoms in total. The van der Waals surface area contributed by atoms with Crippen molar-refractivity contribution in [1.29, 1.82) is 0 Å². The molecule has 2 N–H and O–H groups in total. The smallest absolute Gasteiger partial charge is 0.353 e. The first-order valence-corrected chi connectivity index (χ1v) is 6.50. The molecule has 0 radical (unpaired) electrons. The van der Waals surface area contributed by atoms with Gasteiger partial charge in [-0.15, -0.1) is 0 Å². The minimum Gasteiger partial charge on any atom is -0.477 e. The highest BCUT2D eigenvalue weighted by atomic mass is 16.6. The van der Waals surface area contributed by atoms with Crippen LogP contribution in [0.3, 0.4) is 0 Å². The summed E-state index contributed by atoms with van der Waals surface area (Å²) in [4.78, 5) is 29.6. The SMILES string of the molecule is O=C(O)C1=NOC(C(=O)N(CCO)C2CCCC2)C1. The highest BCUT2D eigenvalue weighted by Gasteiger charge is 2.37. The van der Waals surface area contributed by atoms with Crippen molar-refractivity contribution in [2.45, 2.75) is 44.2 Å². The monoisotopic (exact) mass is 270 g/mol. The second-order valence-corrected chi connectivity index (χ2v) is 4.83. The standard InChI is InChI=1S/C12H18N2O5/c15-6-5-14(8-3-1-2-4-8)11(16)10-7-9(12(17)18)13-19-10/h8,10,15H,1-7H2,(H,17,18). The molecule has 0 aromatic carbocycles. The maximum absolute atomic E-state index is 12.3. The number of aliphatic hydroxyl groups excluding tert-OH is 1. The quantitative estimate of drug-likeness (QED) is 0.731. The molecular weight excluding hydrogens is 252 g/mol. The van der Waals surface area contributed by atoms with Crippen LogP contribution >= 0.6 is 0 Å². The number of aliphatic hydroxyl groups is 1. The van der Waals surface area contributed by atoms with Gasteiger partial charge in [0, 0.05) is 19.0 Å². The molecule has 7 heteroatoms. The van der Waals surface area contributed by atoms with E-state index in [2.05, 4.69) is 5.16 Å². The molecule has 0 aromatic heterocycles. The van der Waals surface area contributed by atoms with Crippen LogP contribution in [0.15, 0.2) is 5.16 Å². The summed E-state index contributed by atoms with van der Waals surface area (Å²) in [5.41, 5.74) is -0.131. The number of hydrogen-bond donors (Lipinski definition) is 2. The fourth-order valence-corrected chi connectivity index (χ4v) is 2.62. The average Bonchev–Trinajstić information content (AvgIpc) is 3.05. The van der Waals surface area contributed by atoms with Crippen LogP contribution in [0, 0.1) is 0 Å². The summed E-state index contributed by atoms with van der Waals surface area (Å²) < 4.78 is 0. The van der Waals surface area contributed by atoms with Gasteiger partial charge in [0.2, 0.25) is 6.10 Å². The van der Waals surface area contributed by atoms with Gasteiger partial charge in [0.1, 0.15) is 0 Å². The molecule has 1 aliphatic heterocycles. The van der Waals surface area contributed by atoms with Crippen LogP contribution in [-0.2, 0) is 14.4 Å². The third-order valence-electron chi connectivity index (χ3n) is 3.58. The Hall–Kier alpha value is -1.63. The van der Waals surface area contributed by atoms with Gasteiger partial charge in [-0.3, -0.25) is 4.79 Å². The second-order valence-electron chi connectivity index (χ2n) is 4.83. The minimum absolute atomic E-state index is 0.0111. The molecule has 0 saturated heterocycles. The van der Waals surface area contributed by atoms with Gasteiger partial charge in [-0.05, 0) is 12.8 Å². The Labute approximate surface area is 110 Å². The van der Waals surface area contributed by atoms with Gasteiger partial charge in [0.15, 0.2) is 5.71 Å². The molecule has 1 saturated carbocycles. The summed E-state index contributed by atoms with van der Waals surface area (Å²) in [6, 6.07) is 0.122. The molecule has 19 heavy (non-hydrogen) atoms. The molecule has 1 atom stereocenters. The first-order valence-electron chi connectivity index (χ1n) is 6.50. The first kappa shape index (κ1) is 13.8. The number of aliphatic carboxylic acids is 1. The average molecular weight is 270 g/mol. The van der Waals surface area contributed by atoms with E-state index in [1.807, 2.05) is 0 Å². The molecule has 2 aliphatic rings. The van der Waals surface area contributed by atoms with E-state index in [9.17, 15) is 9.59 Å². The zero-order valence-corrected chi connectivity index (χ0v) is 10.6. The molecule has 1 aliphatic carbocycles. The zero-order chi connectivity index (χ0) is 13.8. The highest BCUT2D eigenvalue weighted by molar-refractivity contribution is 6.36. The first-order chi connectivity index (χ1) is 9.13. The molecule has 1 heterocycles. The number of rotatable bonds is 5. The molecule has 1 amide bonds. The van der Waals surface area contributed by atoms with Crippen molar-refractivity contribution in [3.05, 3.63) is 0 Å². The number of nitrogens with zero attached hydrogens (tertiary/aromatic N) is 2. The van der Waals surface area contributed by atoms with E-state index >= 15 is 0 Å². The Morgan fingerprint density at radius 1 is 1.37 bits per heavy atom. The second kappa shape index (κ2) is 6.01. The Kier molecular flexibility index (Phi) is 4.36. The third kappa shape index (κ3) is 3.04. The summed E-state index contributed by atoms with van der Waals surface area (Å²) >= 11 is 0. The van der Waals surface area contributed by atoms with Gasteiger partial charge < -0.3 is 20.0 Å². The number of amides is 1. The Balaban J connectivity index is 1.98. The van der Waals surface area contributed by atoms with E-state index in [0.717, 1.165) is 25.7 Å². The third-order valence-corrected chi connectivity index (χ3v) is 3.58. The van der Waals surface area contributed by atoms with Crippen LogP contribution in [0.5, 0.6) is 0 Å². The van der Waals surface area contributed by atoms with E-state index in [1.54, 1.807) is 4.90 Å². The normalized spacial score (nSPS) is 23.0. The van der Waals surface area contributed by atoms with Crippen molar-refractivity contribution >= 4 is 17.6 Å². The van der Waals surface area contributed by atoms with Crippen molar-refractivity contribution in [1.82, 2.24) is 4.90 Å². The largest absolute Gasteiger partial charge is 0.477 e. The number of carbonyl (C=O) groups is 2. The summed E-state index contributed by atoms with van der Waals surface area (Å²) in [5.74, 6) is -1.44. The minimum atomic E-state index is -1.16. The van der Waals surface area contributed by atoms with Crippen LogP contribution in [0.2, 0.25) is 0 Å². The fourth-order valence-electron chi connectivity index (χ4n) is 2.62. The van der Waals surface area contributed by atoms with E-state index in [1.165, 1.54) is 0 Å². The van der Waals surface area contributed by atoms with Crippen LogP contribution in [0.1, 0.15) is 32.1 Å². The highest BCUT2D eigenvalue weighted by Crippen LogP contribution is 2.25. The predicted molar refractivity (Wildman–Crippen MR) is 65.6 cm³/mol. The molecule has 0 aromatic rings. The van der Waals surface area contributed by atoms with Crippen LogP contribution in [0.4, 0.5) is 0 Å². The molecule has 1 unspecified atom stereocenters. The van der Waals surface area contributed by atoms with Crippen molar-refractivity contribution in [2.75, 3.05) is 13.2 Å². The lowest BCUT2D eigenvalue weighted by molar-refractivity contribution is -0.145. The fraction of sp³-hybridized carbons (Fsp3) is 0.750. The Morgan fingerprint density at radius 3 is 2.58 bits per heavy atom. The van der Waals surface area contributed by atoms with E-state index in [4.69, 9.17) is 15.1 Å². The van der Waals surface area contributed by atoms with Crippen molar-refractivity contribution in [3.8, 4) is 0 Å². The van der Waals surface area contributed by atoms with Gasteiger partial charge in [0.25, 0.3) is 5.91 Å². The summed E-state index contributed by atoms with van der Waals surface area (Å²) in [6.07, 6.45) is 3.11. The van der Waals surface area contributed by atoms with Crippen molar-refractivity contribution in [3.63, 3.8) is 0 Å². The molecule has 0 bridgehead atoms. The summed E-state index contributed by atoms with van der Waals surface area (Å²) in [5, 5.41) is 21.3. The summed E-state index contributed by atoms with van der Waals surface area (Å²) in [7, 11) is 0. The topological polar surface area (TPSA) is 99.4 Å². The number of carboxylic acid groups (broad SMARTS) is 1. The van der Waals surface area contributed by atoms with Crippen LogP contribution < -0.4 is 0 Å². The lowest BCUT2D eigenvalue weighted by atomic mass is 10.1. The summed E-state index contributed by atoms with van der Waals surface area (Å²) in [6.45, 7) is 0.146. The number of oxime groups is 1. The van der Waals surface area contributed by atoms with Crippen LogP contribution in [-0.4, -0.2) is 58.0 Å². The maximum atomic E-state index is 12.3. The Morgan fingerprint density at radius 2 is 2.05 bits per heavy atom. The molecule has 2 rings (SSSR count). The van der Waals surface area contributed by atoms with Crippen molar-refractivity contribution in [2.24, 2.45) is 5.16 Å². The van der Waals surface area contributed by atoms with Gasteiger partial charge >= 0.3 is 5.97 Å². The van der Waals surface area contributed by atoms with Gasteiger partial charge in [-0.25, -0.2) is 4.79 Å². The number of carbonyl (C=O) groups excluding carboxylic acids is 1. The van der Waals surface area contributed by atoms with Gasteiger partial charge in [0.05, 0.1) is 6.61 Å². The zero-order valence-electron chi connectivity index (χ0n) is 10.6. The van der Waals surface area contributed by atoms with E-state index < -0.39 is 12.1 Å². The number of hydrogen-bond acceptors (Lipinski definition) is 5. The molecule has 0 spiro atoms. The number of carboxylic acids is 1. The molecular formula is C12H18N2O5. The molecule has 1 fully saturated rings. The maximum Gasteiger partial charge on any atom is 0.353 e.